The molecule has 1 aromatic rings. The van der Waals surface area contributed by atoms with Crippen LogP contribution in [0.4, 0.5) is 0 Å². The van der Waals surface area contributed by atoms with E-state index in [1.807, 2.05) is 19.1 Å². The number of carbonyl (C=O) groups excluding carboxylic acids is 1. The highest BCUT2D eigenvalue weighted by Crippen LogP contribution is 2.14. The fraction of sp³-hybridized carbons (Fsp3) is 0.250. The van der Waals surface area contributed by atoms with Crippen molar-refractivity contribution in [3.8, 4) is 0 Å². The van der Waals surface area contributed by atoms with E-state index in [1.54, 1.807) is 18.2 Å². The van der Waals surface area contributed by atoms with Crippen molar-refractivity contribution in [2.45, 2.75) is 6.92 Å². The fourth-order valence-electron chi connectivity index (χ4n) is 1.30. The predicted octanol–water partition coefficient (Wildman–Crippen LogP) is 1.79. The molecule has 1 N–H and O–H groups in total. The first kappa shape index (κ1) is 11.5. The molecule has 0 amide bonds. The van der Waals surface area contributed by atoms with Gasteiger partial charge in [0.05, 0.1) is 19.3 Å². The van der Waals surface area contributed by atoms with Gasteiger partial charge in [0.15, 0.2) is 0 Å². The first-order valence-corrected chi connectivity index (χ1v) is 4.65. The van der Waals surface area contributed by atoms with Crippen molar-refractivity contribution in [3.05, 3.63) is 41.0 Å². The van der Waals surface area contributed by atoms with Gasteiger partial charge in [-0.25, -0.2) is 4.79 Å². The van der Waals surface area contributed by atoms with E-state index in [2.05, 4.69) is 4.74 Å². The topological polar surface area (TPSA) is 46.5 Å². The summed E-state index contributed by atoms with van der Waals surface area (Å²) in [5.74, 6) is -0.368. The number of hydrogen-bond acceptors (Lipinski definition) is 3. The third-order valence-corrected chi connectivity index (χ3v) is 2.02. The predicted molar refractivity (Wildman–Crippen MR) is 58.6 cm³/mol. The van der Waals surface area contributed by atoms with Crippen LogP contribution in [0.3, 0.4) is 0 Å². The van der Waals surface area contributed by atoms with Gasteiger partial charge in [-0.3, -0.25) is 0 Å². The van der Waals surface area contributed by atoms with Crippen LogP contribution in [0.2, 0.25) is 0 Å². The molecular formula is C12H14O3. The average Bonchev–Trinajstić information content (AvgIpc) is 2.25. The number of methoxy groups -OCH3 is 1. The molecule has 0 saturated heterocycles. The normalized spacial score (nSPS) is 10.6. The SMILES string of the molecule is COC(=O)c1ccc(C)cc1C=CCO. The molecule has 0 heterocycles. The minimum Gasteiger partial charge on any atom is -0.465 e. The van der Waals surface area contributed by atoms with Crippen molar-refractivity contribution in [2.24, 2.45) is 0 Å². The number of hydrogen-bond donors (Lipinski definition) is 1. The van der Waals surface area contributed by atoms with Gasteiger partial charge in [0.1, 0.15) is 0 Å². The molecule has 0 aliphatic carbocycles. The number of aliphatic hydroxyl groups excluding tert-OH is 1. The average molecular weight is 206 g/mol. The number of rotatable bonds is 3. The molecule has 15 heavy (non-hydrogen) atoms. The molecule has 0 aliphatic heterocycles. The summed E-state index contributed by atoms with van der Waals surface area (Å²) in [6.07, 6.45) is 3.29. The van der Waals surface area contributed by atoms with Crippen LogP contribution < -0.4 is 0 Å². The maximum Gasteiger partial charge on any atom is 0.338 e. The van der Waals surface area contributed by atoms with Gasteiger partial charge in [-0.05, 0) is 18.6 Å². The molecule has 0 unspecified atom stereocenters. The number of aliphatic hydroxyl groups is 1. The van der Waals surface area contributed by atoms with E-state index in [1.165, 1.54) is 7.11 Å². The lowest BCUT2D eigenvalue weighted by atomic mass is 10.0. The molecule has 3 nitrogen and oxygen atoms in total. The number of carbonyl (C=O) groups is 1. The maximum atomic E-state index is 11.4. The summed E-state index contributed by atoms with van der Waals surface area (Å²) in [5.41, 5.74) is 2.32. The highest BCUT2D eigenvalue weighted by molar-refractivity contribution is 5.93. The van der Waals surface area contributed by atoms with Crippen LogP contribution in [-0.4, -0.2) is 24.8 Å². The van der Waals surface area contributed by atoms with Crippen molar-refractivity contribution >= 4 is 12.0 Å². The molecule has 0 aromatic heterocycles. The summed E-state index contributed by atoms with van der Waals surface area (Å²) < 4.78 is 4.66. The maximum absolute atomic E-state index is 11.4. The number of ether oxygens (including phenoxy) is 1. The molecule has 0 saturated carbocycles. The number of aryl methyl sites for hydroxylation is 1. The molecule has 80 valence electrons. The van der Waals surface area contributed by atoms with Crippen LogP contribution >= 0.6 is 0 Å². The number of benzene rings is 1. The quantitative estimate of drug-likeness (QED) is 0.767. The van der Waals surface area contributed by atoms with E-state index < -0.39 is 0 Å². The minimum atomic E-state index is -0.368. The largest absolute Gasteiger partial charge is 0.465 e. The van der Waals surface area contributed by atoms with Gasteiger partial charge in [0.2, 0.25) is 0 Å². The highest BCUT2D eigenvalue weighted by Gasteiger charge is 2.09. The summed E-state index contributed by atoms with van der Waals surface area (Å²) in [6, 6.07) is 5.44. The van der Waals surface area contributed by atoms with E-state index in [0.717, 1.165) is 11.1 Å². The van der Waals surface area contributed by atoms with Crippen molar-refractivity contribution in [1.82, 2.24) is 0 Å². The summed E-state index contributed by atoms with van der Waals surface area (Å²) >= 11 is 0. The molecule has 0 aliphatic rings. The van der Waals surface area contributed by atoms with Crippen LogP contribution in [0.1, 0.15) is 21.5 Å². The lowest BCUT2D eigenvalue weighted by molar-refractivity contribution is 0.0600. The highest BCUT2D eigenvalue weighted by atomic mass is 16.5. The second kappa shape index (κ2) is 5.32. The molecular weight excluding hydrogens is 192 g/mol. The molecule has 0 spiro atoms. The van der Waals surface area contributed by atoms with Crippen molar-refractivity contribution in [1.29, 1.82) is 0 Å². The van der Waals surface area contributed by atoms with Gasteiger partial charge in [0.25, 0.3) is 0 Å². The zero-order valence-corrected chi connectivity index (χ0v) is 8.86. The summed E-state index contributed by atoms with van der Waals surface area (Å²) in [7, 11) is 1.35. The lowest BCUT2D eigenvalue weighted by Crippen LogP contribution is -2.03. The van der Waals surface area contributed by atoms with Crippen LogP contribution in [0.15, 0.2) is 24.3 Å². The van der Waals surface area contributed by atoms with E-state index in [4.69, 9.17) is 5.11 Å². The minimum absolute atomic E-state index is 0.0471. The lowest BCUT2D eigenvalue weighted by Gasteiger charge is -2.04. The Hall–Kier alpha value is -1.61. The second-order valence-corrected chi connectivity index (χ2v) is 3.17. The van der Waals surface area contributed by atoms with Crippen LogP contribution in [0.5, 0.6) is 0 Å². The van der Waals surface area contributed by atoms with Crippen LogP contribution in [0.25, 0.3) is 6.08 Å². The summed E-state index contributed by atoms with van der Waals surface area (Å²) in [6.45, 7) is 1.89. The Bertz CT molecular complexity index is 380. The van der Waals surface area contributed by atoms with E-state index in [9.17, 15) is 4.79 Å². The van der Waals surface area contributed by atoms with Gasteiger partial charge in [0, 0.05) is 0 Å². The van der Waals surface area contributed by atoms with Crippen LogP contribution in [-0.2, 0) is 4.74 Å². The van der Waals surface area contributed by atoms with Crippen molar-refractivity contribution < 1.29 is 14.6 Å². The van der Waals surface area contributed by atoms with Gasteiger partial charge in [-0.2, -0.15) is 0 Å². The fourth-order valence-corrected chi connectivity index (χ4v) is 1.30. The standard InChI is InChI=1S/C12H14O3/c1-9-5-6-11(12(14)15-2)10(8-9)4-3-7-13/h3-6,8,13H,7H2,1-2H3. The van der Waals surface area contributed by atoms with E-state index in [-0.39, 0.29) is 12.6 Å². The smallest absolute Gasteiger partial charge is 0.338 e. The molecule has 1 rings (SSSR count). The first-order chi connectivity index (χ1) is 7.19. The van der Waals surface area contributed by atoms with Crippen molar-refractivity contribution in [3.63, 3.8) is 0 Å². The molecule has 0 radical (unpaired) electrons. The molecule has 0 atom stereocenters. The summed E-state index contributed by atoms with van der Waals surface area (Å²) in [5, 5.41) is 8.68. The Balaban J connectivity index is 3.14. The Morgan fingerprint density at radius 1 is 1.53 bits per heavy atom. The van der Waals surface area contributed by atoms with Gasteiger partial charge >= 0.3 is 5.97 Å². The Labute approximate surface area is 89.0 Å². The van der Waals surface area contributed by atoms with Gasteiger partial charge in [-0.1, -0.05) is 29.8 Å². The van der Waals surface area contributed by atoms with Crippen LogP contribution in [0, 0.1) is 6.92 Å². The van der Waals surface area contributed by atoms with Gasteiger partial charge < -0.3 is 9.84 Å². The Kier molecular flexibility index (Phi) is 4.06. The second-order valence-electron chi connectivity index (χ2n) is 3.17. The molecule has 1 aromatic carbocycles. The van der Waals surface area contributed by atoms with Gasteiger partial charge in [-0.15, -0.1) is 0 Å². The summed E-state index contributed by atoms with van der Waals surface area (Å²) in [4.78, 5) is 11.4. The Morgan fingerprint density at radius 2 is 2.27 bits per heavy atom. The molecule has 3 heteroatoms. The third kappa shape index (κ3) is 2.92. The van der Waals surface area contributed by atoms with Crippen molar-refractivity contribution in [2.75, 3.05) is 13.7 Å². The molecule has 0 fully saturated rings. The zero-order valence-electron chi connectivity index (χ0n) is 8.86. The third-order valence-electron chi connectivity index (χ3n) is 2.02. The molecule has 0 bridgehead atoms. The van der Waals surface area contributed by atoms with E-state index >= 15 is 0 Å². The number of esters is 1. The zero-order chi connectivity index (χ0) is 11.3. The monoisotopic (exact) mass is 206 g/mol. The Morgan fingerprint density at radius 3 is 2.87 bits per heavy atom. The first-order valence-electron chi connectivity index (χ1n) is 4.65. The van der Waals surface area contributed by atoms with E-state index in [0.29, 0.717) is 5.56 Å².